The Labute approximate surface area is 98.6 Å². The Kier molecular flexibility index (Phi) is 7.61. The van der Waals surface area contributed by atoms with Gasteiger partial charge in [0.05, 0.1) is 6.10 Å². The zero-order chi connectivity index (χ0) is 11.9. The van der Waals surface area contributed by atoms with Crippen LogP contribution >= 0.6 is 11.8 Å². The summed E-state index contributed by atoms with van der Waals surface area (Å²) in [7, 11) is 2.05. The molecule has 0 radical (unpaired) electrons. The monoisotopic (exact) mass is 234 g/mol. The normalized spacial score (nSPS) is 14.6. The Morgan fingerprint density at radius 2 is 2.00 bits per heavy atom. The smallest absolute Gasteiger partial charge is 0.0791 e. The van der Waals surface area contributed by atoms with E-state index in [1.165, 1.54) is 0 Å². The van der Waals surface area contributed by atoms with E-state index in [9.17, 15) is 5.11 Å². The molecule has 2 N–H and O–H groups in total. The third-order valence-corrected chi connectivity index (χ3v) is 2.66. The molecule has 0 aliphatic heterocycles. The van der Waals surface area contributed by atoms with Crippen LogP contribution in [-0.2, 0) is 0 Å². The lowest BCUT2D eigenvalue weighted by Gasteiger charge is -2.25. The van der Waals surface area contributed by atoms with E-state index in [0.717, 1.165) is 18.8 Å². The minimum atomic E-state index is -0.281. The number of likely N-dealkylation sites (N-methyl/N-ethyl adjacent to an activating group) is 1. The molecule has 0 rings (SSSR count). The summed E-state index contributed by atoms with van der Waals surface area (Å²) < 4.78 is 0. The highest BCUT2D eigenvalue weighted by atomic mass is 32.2. The number of nitrogens with zero attached hydrogens (tertiary/aromatic N) is 1. The van der Waals surface area contributed by atoms with Gasteiger partial charge in [-0.25, -0.2) is 0 Å². The van der Waals surface area contributed by atoms with Crippen molar-refractivity contribution >= 4 is 11.8 Å². The number of hydrogen-bond donors (Lipinski definition) is 2. The van der Waals surface area contributed by atoms with Gasteiger partial charge in [-0.2, -0.15) is 11.8 Å². The lowest BCUT2D eigenvalue weighted by atomic mass is 10.1. The minimum Gasteiger partial charge on any atom is -0.390 e. The van der Waals surface area contributed by atoms with E-state index in [1.807, 2.05) is 11.8 Å². The van der Waals surface area contributed by atoms with Crippen molar-refractivity contribution in [2.24, 2.45) is 0 Å². The molecule has 15 heavy (non-hydrogen) atoms. The predicted octanol–water partition coefficient (Wildman–Crippen LogP) is 1.03. The SMILES string of the molecule is CSCCN(C)CC(O)CNC(C)(C)C. The Hall–Kier alpha value is 0.230. The summed E-state index contributed by atoms with van der Waals surface area (Å²) in [6.45, 7) is 8.76. The molecule has 92 valence electrons. The van der Waals surface area contributed by atoms with E-state index >= 15 is 0 Å². The van der Waals surface area contributed by atoms with Crippen LogP contribution in [0.25, 0.3) is 0 Å². The lowest BCUT2D eigenvalue weighted by molar-refractivity contribution is 0.120. The molecule has 0 aliphatic rings. The number of rotatable bonds is 7. The van der Waals surface area contributed by atoms with Crippen LogP contribution in [0.5, 0.6) is 0 Å². The van der Waals surface area contributed by atoms with Crippen molar-refractivity contribution in [3.8, 4) is 0 Å². The van der Waals surface area contributed by atoms with Crippen molar-refractivity contribution in [2.75, 3.05) is 38.7 Å². The fourth-order valence-corrected chi connectivity index (χ4v) is 1.68. The average molecular weight is 234 g/mol. The van der Waals surface area contributed by atoms with Gasteiger partial charge in [0.2, 0.25) is 0 Å². The van der Waals surface area contributed by atoms with Crippen molar-refractivity contribution in [1.82, 2.24) is 10.2 Å². The molecule has 1 unspecified atom stereocenters. The van der Waals surface area contributed by atoms with E-state index in [-0.39, 0.29) is 11.6 Å². The second-order valence-electron chi connectivity index (χ2n) is 5.04. The lowest BCUT2D eigenvalue weighted by Crippen LogP contribution is -2.44. The third-order valence-electron chi connectivity index (χ3n) is 2.07. The van der Waals surface area contributed by atoms with Crippen molar-refractivity contribution in [3.05, 3.63) is 0 Å². The maximum absolute atomic E-state index is 9.77. The highest BCUT2D eigenvalue weighted by molar-refractivity contribution is 7.98. The molecule has 0 aromatic carbocycles. The molecule has 3 nitrogen and oxygen atoms in total. The number of aliphatic hydroxyl groups is 1. The summed E-state index contributed by atoms with van der Waals surface area (Å²) in [6, 6.07) is 0. The fraction of sp³-hybridized carbons (Fsp3) is 1.00. The predicted molar refractivity (Wildman–Crippen MR) is 69.6 cm³/mol. The number of hydrogen-bond acceptors (Lipinski definition) is 4. The van der Waals surface area contributed by atoms with Gasteiger partial charge >= 0.3 is 0 Å². The van der Waals surface area contributed by atoms with Gasteiger partial charge in [0.15, 0.2) is 0 Å². The summed E-state index contributed by atoms with van der Waals surface area (Å²) in [5, 5.41) is 13.1. The second-order valence-corrected chi connectivity index (χ2v) is 6.03. The highest BCUT2D eigenvalue weighted by Crippen LogP contribution is 1.99. The molecule has 0 aromatic rings. The Bertz CT molecular complexity index is 159. The van der Waals surface area contributed by atoms with Crippen LogP contribution in [-0.4, -0.2) is 60.3 Å². The molecule has 0 amide bonds. The molecule has 0 aliphatic carbocycles. The van der Waals surface area contributed by atoms with Crippen LogP contribution in [0, 0.1) is 0 Å². The molecule has 0 aromatic heterocycles. The molecule has 1 atom stereocenters. The van der Waals surface area contributed by atoms with Gasteiger partial charge in [0.25, 0.3) is 0 Å². The largest absolute Gasteiger partial charge is 0.390 e. The second kappa shape index (κ2) is 7.49. The quantitative estimate of drug-likeness (QED) is 0.690. The summed E-state index contributed by atoms with van der Waals surface area (Å²) >= 11 is 1.84. The molecule has 0 spiro atoms. The number of aliphatic hydroxyl groups excluding tert-OH is 1. The Morgan fingerprint density at radius 3 is 2.47 bits per heavy atom. The van der Waals surface area contributed by atoms with Crippen LogP contribution in [0.2, 0.25) is 0 Å². The first-order valence-electron chi connectivity index (χ1n) is 5.45. The first-order valence-corrected chi connectivity index (χ1v) is 6.85. The van der Waals surface area contributed by atoms with E-state index < -0.39 is 0 Å². The standard InChI is InChI=1S/C11H26N2OS/c1-11(2,3)12-8-10(14)9-13(4)6-7-15-5/h10,12,14H,6-9H2,1-5H3. The van der Waals surface area contributed by atoms with Gasteiger partial charge in [-0.05, 0) is 34.1 Å². The molecule has 4 heteroatoms. The molecule has 0 saturated carbocycles. The van der Waals surface area contributed by atoms with Crippen molar-refractivity contribution in [2.45, 2.75) is 32.4 Å². The number of nitrogens with one attached hydrogen (secondary N) is 1. The average Bonchev–Trinajstić information content (AvgIpc) is 2.10. The number of β-amino-alcohol motifs (C(OH)–C–C–N with tert-alkyl or cyclic N) is 1. The zero-order valence-electron chi connectivity index (χ0n) is 10.7. The Balaban J connectivity index is 3.59. The van der Waals surface area contributed by atoms with Gasteiger partial charge in [-0.1, -0.05) is 0 Å². The summed E-state index contributed by atoms with van der Waals surface area (Å²) in [5.41, 5.74) is 0.0822. The van der Waals surface area contributed by atoms with Crippen molar-refractivity contribution in [3.63, 3.8) is 0 Å². The maximum Gasteiger partial charge on any atom is 0.0791 e. The van der Waals surface area contributed by atoms with Crippen molar-refractivity contribution in [1.29, 1.82) is 0 Å². The maximum atomic E-state index is 9.77. The van der Waals surface area contributed by atoms with Gasteiger partial charge in [-0.15, -0.1) is 0 Å². The van der Waals surface area contributed by atoms with Crippen molar-refractivity contribution < 1.29 is 5.11 Å². The molecule has 0 fully saturated rings. The summed E-state index contributed by atoms with van der Waals surface area (Å²) in [5.74, 6) is 1.12. The van der Waals surface area contributed by atoms with Gasteiger partial charge in [0.1, 0.15) is 0 Å². The molecule has 0 saturated heterocycles. The minimum absolute atomic E-state index is 0.0822. The first kappa shape index (κ1) is 15.2. The van der Waals surface area contributed by atoms with Gasteiger partial charge < -0.3 is 15.3 Å². The van der Waals surface area contributed by atoms with Crippen LogP contribution in [0.3, 0.4) is 0 Å². The van der Waals surface area contributed by atoms with E-state index in [0.29, 0.717) is 6.54 Å². The molecular formula is C11H26N2OS. The first-order chi connectivity index (χ1) is 6.85. The summed E-state index contributed by atoms with van der Waals surface area (Å²) in [6.07, 6.45) is 1.82. The van der Waals surface area contributed by atoms with Crippen LogP contribution in [0.15, 0.2) is 0 Å². The van der Waals surface area contributed by atoms with E-state index in [1.54, 1.807) is 0 Å². The summed E-state index contributed by atoms with van der Waals surface area (Å²) in [4.78, 5) is 2.17. The molecule has 0 heterocycles. The van der Waals surface area contributed by atoms with Gasteiger partial charge in [-0.3, -0.25) is 0 Å². The van der Waals surface area contributed by atoms with Crippen LogP contribution < -0.4 is 5.32 Å². The molecular weight excluding hydrogens is 208 g/mol. The van der Waals surface area contributed by atoms with Crippen LogP contribution in [0.4, 0.5) is 0 Å². The van der Waals surface area contributed by atoms with Crippen LogP contribution in [0.1, 0.15) is 20.8 Å². The third kappa shape index (κ3) is 10.5. The van der Waals surface area contributed by atoms with E-state index in [2.05, 4.69) is 44.3 Å². The Morgan fingerprint density at radius 1 is 1.40 bits per heavy atom. The number of thioether (sulfide) groups is 1. The fourth-order valence-electron chi connectivity index (χ4n) is 1.19. The topological polar surface area (TPSA) is 35.5 Å². The molecule has 0 bridgehead atoms. The zero-order valence-corrected chi connectivity index (χ0v) is 11.5. The van der Waals surface area contributed by atoms with Gasteiger partial charge in [0, 0.05) is 30.9 Å². The highest BCUT2D eigenvalue weighted by Gasteiger charge is 2.13. The van der Waals surface area contributed by atoms with E-state index in [4.69, 9.17) is 0 Å².